The van der Waals surface area contributed by atoms with Crippen LogP contribution in [0, 0.1) is 0 Å². The summed E-state index contributed by atoms with van der Waals surface area (Å²) in [7, 11) is 1.26. The highest BCUT2D eigenvalue weighted by molar-refractivity contribution is 6.30. The molecule has 0 aromatic heterocycles. The SMILES string of the molecule is COC(=O)Nc1ccc(C(=O)N[C@@H](Cc2ccccc2)C(=O)N2CC[C@@]3(C2)OC(=O)Nc2ccc(Cl)cc23)cc1. The van der Waals surface area contributed by atoms with E-state index in [0.717, 1.165) is 5.56 Å². The van der Waals surface area contributed by atoms with Crippen LogP contribution in [0.1, 0.15) is 27.9 Å². The lowest BCUT2D eigenvalue weighted by molar-refractivity contribution is -0.133. The van der Waals surface area contributed by atoms with Crippen molar-refractivity contribution in [1.82, 2.24) is 10.2 Å². The van der Waals surface area contributed by atoms with E-state index in [1.54, 1.807) is 47.4 Å². The molecule has 3 aromatic rings. The minimum absolute atomic E-state index is 0.127. The first-order valence-electron chi connectivity index (χ1n) is 12.6. The zero-order chi connectivity index (χ0) is 28.3. The molecule has 2 heterocycles. The summed E-state index contributed by atoms with van der Waals surface area (Å²) in [5.41, 5.74) is 1.91. The average Bonchev–Trinajstić information content (AvgIpc) is 3.37. The van der Waals surface area contributed by atoms with Gasteiger partial charge in [-0.1, -0.05) is 41.9 Å². The van der Waals surface area contributed by atoms with Gasteiger partial charge in [-0.3, -0.25) is 20.2 Å². The monoisotopic (exact) mass is 562 g/mol. The number of halogens is 1. The second-order valence-corrected chi connectivity index (χ2v) is 10.1. The van der Waals surface area contributed by atoms with Crippen molar-refractivity contribution in [2.75, 3.05) is 30.8 Å². The number of rotatable bonds is 6. The summed E-state index contributed by atoms with van der Waals surface area (Å²) in [4.78, 5) is 52.5. The molecule has 0 unspecified atom stereocenters. The van der Waals surface area contributed by atoms with E-state index in [1.165, 1.54) is 7.11 Å². The van der Waals surface area contributed by atoms with E-state index in [-0.39, 0.29) is 18.9 Å². The van der Waals surface area contributed by atoms with E-state index < -0.39 is 29.7 Å². The molecule has 3 aromatic carbocycles. The smallest absolute Gasteiger partial charge is 0.412 e. The third-order valence-electron chi connectivity index (χ3n) is 7.01. The normalized spacial score (nSPS) is 18.2. The van der Waals surface area contributed by atoms with Crippen LogP contribution >= 0.6 is 11.6 Å². The van der Waals surface area contributed by atoms with Crippen molar-refractivity contribution in [3.05, 3.63) is 94.5 Å². The van der Waals surface area contributed by atoms with Gasteiger partial charge in [-0.15, -0.1) is 0 Å². The van der Waals surface area contributed by atoms with Crippen LogP contribution in [0.15, 0.2) is 72.8 Å². The van der Waals surface area contributed by atoms with Crippen LogP contribution in [0.4, 0.5) is 21.0 Å². The lowest BCUT2D eigenvalue weighted by Crippen LogP contribution is -2.50. The summed E-state index contributed by atoms with van der Waals surface area (Å²) in [6.45, 7) is 0.453. The highest BCUT2D eigenvalue weighted by Gasteiger charge is 2.49. The van der Waals surface area contributed by atoms with E-state index in [1.807, 2.05) is 30.3 Å². The van der Waals surface area contributed by atoms with E-state index in [4.69, 9.17) is 16.3 Å². The second kappa shape index (κ2) is 11.3. The Balaban J connectivity index is 1.36. The van der Waals surface area contributed by atoms with Crippen molar-refractivity contribution in [2.45, 2.75) is 24.5 Å². The predicted molar refractivity (Wildman–Crippen MR) is 148 cm³/mol. The molecule has 1 spiro atoms. The summed E-state index contributed by atoms with van der Waals surface area (Å²) in [6, 6.07) is 19.9. The van der Waals surface area contributed by atoms with Crippen molar-refractivity contribution in [3.8, 4) is 0 Å². The number of likely N-dealkylation sites (tertiary alicyclic amines) is 1. The number of ether oxygens (including phenoxy) is 2. The Morgan fingerprint density at radius 3 is 2.58 bits per heavy atom. The van der Waals surface area contributed by atoms with Gasteiger partial charge in [0.25, 0.3) is 5.91 Å². The molecular formula is C29H27ClN4O6. The number of amides is 4. The molecule has 0 bridgehead atoms. The first-order chi connectivity index (χ1) is 19.3. The number of carbonyl (C=O) groups is 4. The first kappa shape index (κ1) is 27.0. The molecule has 2 aliphatic rings. The highest BCUT2D eigenvalue weighted by atomic mass is 35.5. The lowest BCUT2D eigenvalue weighted by atomic mass is 9.90. The fourth-order valence-electron chi connectivity index (χ4n) is 5.03. The molecule has 0 saturated carbocycles. The molecule has 1 saturated heterocycles. The van der Waals surface area contributed by atoms with Gasteiger partial charge < -0.3 is 19.7 Å². The molecule has 3 N–H and O–H groups in total. The van der Waals surface area contributed by atoms with E-state index in [0.29, 0.717) is 40.5 Å². The van der Waals surface area contributed by atoms with E-state index in [2.05, 4.69) is 20.7 Å². The van der Waals surface area contributed by atoms with Crippen LogP contribution in [0.3, 0.4) is 0 Å². The van der Waals surface area contributed by atoms with Crippen LogP contribution in [-0.4, -0.2) is 55.1 Å². The molecule has 2 aliphatic heterocycles. The van der Waals surface area contributed by atoms with Gasteiger partial charge in [-0.05, 0) is 48.0 Å². The van der Waals surface area contributed by atoms with E-state index >= 15 is 0 Å². The fraction of sp³-hybridized carbons (Fsp3) is 0.241. The summed E-state index contributed by atoms with van der Waals surface area (Å²) < 4.78 is 10.3. The van der Waals surface area contributed by atoms with Gasteiger partial charge in [0.05, 0.1) is 19.3 Å². The average molecular weight is 563 g/mol. The Morgan fingerprint density at radius 1 is 1.10 bits per heavy atom. The van der Waals surface area contributed by atoms with Gasteiger partial charge in [0.1, 0.15) is 6.04 Å². The summed E-state index contributed by atoms with van der Waals surface area (Å²) in [5, 5.41) is 8.58. The zero-order valence-electron chi connectivity index (χ0n) is 21.6. The van der Waals surface area contributed by atoms with E-state index in [9.17, 15) is 19.2 Å². The molecule has 1 fully saturated rings. The maximum atomic E-state index is 13.9. The summed E-state index contributed by atoms with van der Waals surface area (Å²) >= 11 is 6.25. The second-order valence-electron chi connectivity index (χ2n) is 9.62. The molecule has 5 rings (SSSR count). The van der Waals surface area contributed by atoms with Crippen LogP contribution in [0.25, 0.3) is 0 Å². The predicted octanol–water partition coefficient (Wildman–Crippen LogP) is 4.55. The molecule has 11 heteroatoms. The standard InChI is InChI=1S/C29H27ClN4O6/c1-39-27(37)31-21-10-7-19(8-11-21)25(35)32-24(15-18-5-3-2-4-6-18)26(36)34-14-13-29(17-34)22-16-20(30)9-12-23(22)33-28(38)40-29/h2-12,16,24H,13-15,17H2,1H3,(H,31,37)(H,32,35)(H,33,38)/t24-,29-/m0/s1. The van der Waals surface area contributed by atoms with Gasteiger partial charge in [0.15, 0.2) is 5.60 Å². The summed E-state index contributed by atoms with van der Waals surface area (Å²) in [5.74, 6) is -0.741. The Kier molecular flexibility index (Phi) is 7.61. The Hall–Kier alpha value is -4.57. The van der Waals surface area contributed by atoms with Gasteiger partial charge in [0, 0.05) is 41.2 Å². The van der Waals surface area contributed by atoms with Gasteiger partial charge >= 0.3 is 12.2 Å². The maximum absolute atomic E-state index is 13.9. The molecular weight excluding hydrogens is 536 g/mol. The molecule has 10 nitrogen and oxygen atoms in total. The third-order valence-corrected chi connectivity index (χ3v) is 7.24. The molecule has 0 aliphatic carbocycles. The van der Waals surface area contributed by atoms with Gasteiger partial charge in [-0.25, -0.2) is 9.59 Å². The number of benzene rings is 3. The Bertz CT molecular complexity index is 1450. The topological polar surface area (TPSA) is 126 Å². The number of hydrogen-bond acceptors (Lipinski definition) is 6. The number of nitrogens with zero attached hydrogens (tertiary/aromatic N) is 1. The largest absolute Gasteiger partial charge is 0.453 e. The van der Waals surface area contributed by atoms with Crippen LogP contribution in [0.5, 0.6) is 0 Å². The van der Waals surface area contributed by atoms with Crippen molar-refractivity contribution in [3.63, 3.8) is 0 Å². The molecule has 40 heavy (non-hydrogen) atoms. The van der Waals surface area contributed by atoms with Crippen molar-refractivity contribution in [2.24, 2.45) is 0 Å². The zero-order valence-corrected chi connectivity index (χ0v) is 22.4. The number of methoxy groups -OCH3 is 1. The number of hydrogen-bond donors (Lipinski definition) is 3. The van der Waals surface area contributed by atoms with Gasteiger partial charge in [-0.2, -0.15) is 0 Å². The van der Waals surface area contributed by atoms with Crippen molar-refractivity contribution in [1.29, 1.82) is 0 Å². The minimum atomic E-state index is -1.04. The first-order valence-corrected chi connectivity index (χ1v) is 13.0. The Morgan fingerprint density at radius 2 is 1.85 bits per heavy atom. The Labute approximate surface area is 235 Å². The third kappa shape index (κ3) is 5.72. The quantitative estimate of drug-likeness (QED) is 0.405. The number of anilines is 2. The fourth-order valence-corrected chi connectivity index (χ4v) is 5.20. The van der Waals surface area contributed by atoms with Crippen molar-refractivity contribution >= 4 is 47.0 Å². The van der Waals surface area contributed by atoms with Crippen LogP contribution < -0.4 is 16.0 Å². The molecule has 4 amide bonds. The van der Waals surface area contributed by atoms with Crippen LogP contribution in [-0.2, 0) is 26.3 Å². The summed E-state index contributed by atoms with van der Waals surface area (Å²) in [6.07, 6.45) is -0.567. The van der Waals surface area contributed by atoms with Crippen LogP contribution in [0.2, 0.25) is 5.02 Å². The lowest BCUT2D eigenvalue weighted by Gasteiger charge is -2.35. The van der Waals surface area contributed by atoms with Gasteiger partial charge in [0.2, 0.25) is 5.91 Å². The highest BCUT2D eigenvalue weighted by Crippen LogP contribution is 2.43. The minimum Gasteiger partial charge on any atom is -0.453 e. The molecule has 206 valence electrons. The number of carbonyl (C=O) groups excluding carboxylic acids is 4. The van der Waals surface area contributed by atoms with Crippen molar-refractivity contribution < 1.29 is 28.7 Å². The molecule has 2 atom stereocenters. The number of nitrogens with one attached hydrogen (secondary N) is 3. The maximum Gasteiger partial charge on any atom is 0.412 e. The number of fused-ring (bicyclic) bond motifs is 2. The molecule has 0 radical (unpaired) electrons.